The quantitative estimate of drug-likeness (QED) is 0.586. The van der Waals surface area contributed by atoms with Crippen molar-refractivity contribution < 1.29 is 5.11 Å². The molecule has 0 radical (unpaired) electrons. The molecule has 0 spiro atoms. The van der Waals surface area contributed by atoms with Crippen molar-refractivity contribution in [2.24, 2.45) is 0 Å². The van der Waals surface area contributed by atoms with Crippen LogP contribution in [-0.4, -0.2) is 42.7 Å². The standard InChI is InChI=1S/C9H20N2O/c1-8(2)10-5-6-11(4)7-9(3)12/h8,10,12H,3,5-7H2,1-2,4H3. The highest BCUT2D eigenvalue weighted by atomic mass is 16.3. The summed E-state index contributed by atoms with van der Waals surface area (Å²) in [7, 11) is 1.96. The number of aliphatic hydroxyl groups excluding tert-OH is 1. The van der Waals surface area contributed by atoms with Crippen LogP contribution in [0, 0.1) is 0 Å². The lowest BCUT2D eigenvalue weighted by molar-refractivity contribution is 0.288. The molecule has 0 aliphatic rings. The summed E-state index contributed by atoms with van der Waals surface area (Å²) in [6.45, 7) is 10.1. The summed E-state index contributed by atoms with van der Waals surface area (Å²) < 4.78 is 0. The summed E-state index contributed by atoms with van der Waals surface area (Å²) in [6.07, 6.45) is 0. The van der Waals surface area contributed by atoms with Gasteiger partial charge in [-0.1, -0.05) is 20.4 Å². The van der Waals surface area contributed by atoms with Gasteiger partial charge in [0.1, 0.15) is 0 Å². The van der Waals surface area contributed by atoms with E-state index >= 15 is 0 Å². The number of nitrogens with zero attached hydrogens (tertiary/aromatic N) is 1. The minimum atomic E-state index is 0.224. The molecule has 3 heteroatoms. The summed E-state index contributed by atoms with van der Waals surface area (Å²) in [5.74, 6) is 0.224. The molecule has 0 amide bonds. The lowest BCUT2D eigenvalue weighted by atomic mass is 10.4. The van der Waals surface area contributed by atoms with E-state index in [0.29, 0.717) is 12.6 Å². The summed E-state index contributed by atoms with van der Waals surface area (Å²) in [6, 6.07) is 0.524. The van der Waals surface area contributed by atoms with Crippen molar-refractivity contribution >= 4 is 0 Å². The van der Waals surface area contributed by atoms with E-state index in [0.717, 1.165) is 13.1 Å². The van der Waals surface area contributed by atoms with Crippen LogP contribution in [0.4, 0.5) is 0 Å². The first-order valence-corrected chi connectivity index (χ1v) is 4.31. The van der Waals surface area contributed by atoms with Gasteiger partial charge in [-0.3, -0.25) is 4.90 Å². The molecule has 0 aromatic rings. The molecule has 72 valence electrons. The van der Waals surface area contributed by atoms with E-state index in [-0.39, 0.29) is 5.76 Å². The molecule has 3 nitrogen and oxygen atoms in total. The van der Waals surface area contributed by atoms with E-state index < -0.39 is 0 Å². The maximum atomic E-state index is 8.87. The minimum Gasteiger partial charge on any atom is -0.512 e. The highest BCUT2D eigenvalue weighted by Gasteiger charge is 1.99. The first-order chi connectivity index (χ1) is 5.52. The lowest BCUT2D eigenvalue weighted by Crippen LogP contribution is -2.33. The molecule has 0 rings (SSSR count). The lowest BCUT2D eigenvalue weighted by Gasteiger charge is -2.16. The maximum absolute atomic E-state index is 8.87. The molecule has 0 aromatic heterocycles. The molecule has 0 atom stereocenters. The zero-order chi connectivity index (χ0) is 9.56. The Morgan fingerprint density at radius 3 is 2.58 bits per heavy atom. The molecule has 0 aliphatic heterocycles. The number of aliphatic hydroxyl groups is 1. The van der Waals surface area contributed by atoms with Crippen LogP contribution in [0.25, 0.3) is 0 Å². The van der Waals surface area contributed by atoms with Crippen molar-refractivity contribution in [3.63, 3.8) is 0 Å². The average Bonchev–Trinajstić information content (AvgIpc) is 1.84. The fraction of sp³-hybridized carbons (Fsp3) is 0.778. The zero-order valence-corrected chi connectivity index (χ0v) is 8.30. The van der Waals surface area contributed by atoms with Gasteiger partial charge in [0.15, 0.2) is 0 Å². The highest BCUT2D eigenvalue weighted by molar-refractivity contribution is 4.82. The van der Waals surface area contributed by atoms with Crippen LogP contribution in [0.5, 0.6) is 0 Å². The van der Waals surface area contributed by atoms with Crippen molar-refractivity contribution in [2.75, 3.05) is 26.7 Å². The van der Waals surface area contributed by atoms with Gasteiger partial charge >= 0.3 is 0 Å². The third kappa shape index (κ3) is 7.57. The second kappa shape index (κ2) is 6.03. The molecule has 0 aliphatic carbocycles. The molecular weight excluding hydrogens is 152 g/mol. The van der Waals surface area contributed by atoms with Gasteiger partial charge in [0.05, 0.1) is 12.3 Å². The number of hydrogen-bond donors (Lipinski definition) is 2. The predicted molar refractivity (Wildman–Crippen MR) is 52.4 cm³/mol. The molecule has 0 unspecified atom stereocenters. The van der Waals surface area contributed by atoms with Crippen LogP contribution in [-0.2, 0) is 0 Å². The van der Waals surface area contributed by atoms with Crippen LogP contribution in [0.15, 0.2) is 12.3 Å². The molecule has 12 heavy (non-hydrogen) atoms. The van der Waals surface area contributed by atoms with Gasteiger partial charge in [0.25, 0.3) is 0 Å². The van der Waals surface area contributed by atoms with E-state index in [1.54, 1.807) is 0 Å². The molecular formula is C9H20N2O. The van der Waals surface area contributed by atoms with E-state index in [4.69, 9.17) is 5.11 Å². The van der Waals surface area contributed by atoms with Gasteiger partial charge in [0.2, 0.25) is 0 Å². The largest absolute Gasteiger partial charge is 0.512 e. The minimum absolute atomic E-state index is 0.224. The zero-order valence-electron chi connectivity index (χ0n) is 8.30. The van der Waals surface area contributed by atoms with Gasteiger partial charge in [-0.2, -0.15) is 0 Å². The Morgan fingerprint density at radius 1 is 1.58 bits per heavy atom. The van der Waals surface area contributed by atoms with E-state index in [1.165, 1.54) is 0 Å². The Kier molecular flexibility index (Phi) is 5.76. The van der Waals surface area contributed by atoms with E-state index in [2.05, 4.69) is 25.7 Å². The van der Waals surface area contributed by atoms with Crippen molar-refractivity contribution in [1.29, 1.82) is 0 Å². The smallest absolute Gasteiger partial charge is 0.0991 e. The first kappa shape index (κ1) is 11.5. The third-order valence-corrected chi connectivity index (χ3v) is 1.50. The molecule has 0 fully saturated rings. The second-order valence-electron chi connectivity index (χ2n) is 3.41. The van der Waals surface area contributed by atoms with Crippen molar-refractivity contribution in [3.05, 3.63) is 12.3 Å². The third-order valence-electron chi connectivity index (χ3n) is 1.50. The molecule has 0 heterocycles. The average molecular weight is 172 g/mol. The van der Waals surface area contributed by atoms with Crippen LogP contribution in [0.3, 0.4) is 0 Å². The normalized spacial score (nSPS) is 11.1. The van der Waals surface area contributed by atoms with Gasteiger partial charge < -0.3 is 10.4 Å². The Bertz CT molecular complexity index is 134. The Balaban J connectivity index is 3.31. The summed E-state index contributed by atoms with van der Waals surface area (Å²) in [4.78, 5) is 2.03. The van der Waals surface area contributed by atoms with Gasteiger partial charge in [-0.05, 0) is 7.05 Å². The summed E-state index contributed by atoms with van der Waals surface area (Å²) in [5.41, 5.74) is 0. The second-order valence-corrected chi connectivity index (χ2v) is 3.41. The fourth-order valence-corrected chi connectivity index (χ4v) is 0.935. The molecule has 2 N–H and O–H groups in total. The number of likely N-dealkylation sites (N-methyl/N-ethyl adjacent to an activating group) is 1. The van der Waals surface area contributed by atoms with Gasteiger partial charge in [-0.25, -0.2) is 0 Å². The topological polar surface area (TPSA) is 35.5 Å². The number of rotatable bonds is 6. The molecule has 0 saturated carbocycles. The van der Waals surface area contributed by atoms with E-state index in [1.807, 2.05) is 11.9 Å². The highest BCUT2D eigenvalue weighted by Crippen LogP contribution is 1.88. The Morgan fingerprint density at radius 2 is 2.17 bits per heavy atom. The number of hydrogen-bond acceptors (Lipinski definition) is 3. The van der Waals surface area contributed by atoms with Crippen molar-refractivity contribution in [1.82, 2.24) is 10.2 Å². The predicted octanol–water partition coefficient (Wildman–Crippen LogP) is 0.988. The van der Waals surface area contributed by atoms with Crippen LogP contribution in [0.1, 0.15) is 13.8 Å². The van der Waals surface area contributed by atoms with Gasteiger partial charge in [0, 0.05) is 19.1 Å². The fourth-order valence-electron chi connectivity index (χ4n) is 0.935. The van der Waals surface area contributed by atoms with Crippen LogP contribution in [0.2, 0.25) is 0 Å². The van der Waals surface area contributed by atoms with Gasteiger partial charge in [-0.15, -0.1) is 0 Å². The summed E-state index contributed by atoms with van der Waals surface area (Å²) >= 11 is 0. The first-order valence-electron chi connectivity index (χ1n) is 4.31. The Labute approximate surface area is 75.1 Å². The number of nitrogens with one attached hydrogen (secondary N) is 1. The summed E-state index contributed by atoms with van der Waals surface area (Å²) in [5, 5.41) is 12.2. The molecule has 0 aromatic carbocycles. The van der Waals surface area contributed by atoms with Crippen molar-refractivity contribution in [2.45, 2.75) is 19.9 Å². The van der Waals surface area contributed by atoms with Crippen molar-refractivity contribution in [3.8, 4) is 0 Å². The maximum Gasteiger partial charge on any atom is 0.0991 e. The Hall–Kier alpha value is -0.540. The SMILES string of the molecule is C=C(O)CN(C)CCNC(C)C. The monoisotopic (exact) mass is 172 g/mol. The van der Waals surface area contributed by atoms with Crippen LogP contribution >= 0.6 is 0 Å². The molecule has 0 bridgehead atoms. The van der Waals surface area contributed by atoms with Crippen LogP contribution < -0.4 is 5.32 Å². The molecule has 0 saturated heterocycles. The van der Waals surface area contributed by atoms with E-state index in [9.17, 15) is 0 Å².